The third kappa shape index (κ3) is 2.13. The van der Waals surface area contributed by atoms with Crippen LogP contribution in [0.15, 0.2) is 36.4 Å². The molecule has 0 heterocycles. The molecule has 0 bridgehead atoms. The average Bonchev–Trinajstić information content (AvgIpc) is 2.35. The van der Waals surface area contributed by atoms with Gasteiger partial charge in [-0.1, -0.05) is 30.3 Å². The van der Waals surface area contributed by atoms with E-state index >= 15 is 0 Å². The van der Waals surface area contributed by atoms with Gasteiger partial charge in [-0.25, -0.2) is 0 Å². The van der Waals surface area contributed by atoms with Crippen molar-refractivity contribution in [3.8, 4) is 5.75 Å². The Morgan fingerprint density at radius 2 is 1.67 bits per heavy atom. The topological polar surface area (TPSA) is 29.5 Å². The highest BCUT2D eigenvalue weighted by molar-refractivity contribution is 5.91. The van der Waals surface area contributed by atoms with Crippen LogP contribution >= 0.6 is 0 Å². The van der Waals surface area contributed by atoms with E-state index in [9.17, 15) is 18.3 Å². The fraction of sp³-hybridized carbons (Fsp3) is 0.231. The Morgan fingerprint density at radius 1 is 1.06 bits per heavy atom. The number of methoxy groups -OCH3 is 1. The zero-order valence-corrected chi connectivity index (χ0v) is 9.53. The van der Waals surface area contributed by atoms with E-state index in [2.05, 4.69) is 0 Å². The molecule has 0 fully saturated rings. The van der Waals surface area contributed by atoms with Crippen molar-refractivity contribution < 1.29 is 23.0 Å². The van der Waals surface area contributed by atoms with Crippen molar-refractivity contribution in [2.75, 3.05) is 7.11 Å². The minimum absolute atomic E-state index is 0.168. The summed E-state index contributed by atoms with van der Waals surface area (Å²) in [5, 5.41) is 10.2. The number of alkyl halides is 3. The van der Waals surface area contributed by atoms with E-state index in [4.69, 9.17) is 4.74 Å². The average molecular weight is 256 g/mol. The fourth-order valence-corrected chi connectivity index (χ4v) is 1.89. The normalized spacial score (nSPS) is 13.6. The molecule has 0 unspecified atom stereocenters. The van der Waals surface area contributed by atoms with Crippen LogP contribution in [0.5, 0.6) is 5.75 Å². The van der Waals surface area contributed by atoms with Gasteiger partial charge in [0, 0.05) is 5.39 Å². The molecule has 0 aliphatic rings. The van der Waals surface area contributed by atoms with Crippen LogP contribution in [-0.2, 0) is 0 Å². The highest BCUT2D eigenvalue weighted by atomic mass is 19.4. The molecule has 18 heavy (non-hydrogen) atoms. The number of ether oxygens (including phenoxy) is 1. The first-order valence-corrected chi connectivity index (χ1v) is 5.25. The van der Waals surface area contributed by atoms with E-state index in [0.29, 0.717) is 16.5 Å². The molecule has 2 nitrogen and oxygen atoms in total. The highest BCUT2D eigenvalue weighted by Gasteiger charge is 2.40. The lowest BCUT2D eigenvalue weighted by molar-refractivity contribution is -0.206. The second-order valence-electron chi connectivity index (χ2n) is 3.85. The summed E-state index contributed by atoms with van der Waals surface area (Å²) in [6.07, 6.45) is -7.18. The van der Waals surface area contributed by atoms with Gasteiger partial charge in [0.25, 0.3) is 0 Å². The van der Waals surface area contributed by atoms with Gasteiger partial charge in [-0.05, 0) is 17.0 Å². The fourth-order valence-electron chi connectivity index (χ4n) is 1.89. The van der Waals surface area contributed by atoms with Gasteiger partial charge < -0.3 is 9.84 Å². The molecule has 1 N–H and O–H groups in total. The van der Waals surface area contributed by atoms with Crippen molar-refractivity contribution >= 4 is 10.8 Å². The molecule has 1 atom stereocenters. The maximum atomic E-state index is 12.6. The molecule has 2 aromatic carbocycles. The molecule has 5 heteroatoms. The predicted molar refractivity (Wildman–Crippen MR) is 61.5 cm³/mol. The summed E-state index contributed by atoms with van der Waals surface area (Å²) in [5.74, 6) is 0.476. The van der Waals surface area contributed by atoms with Crippen molar-refractivity contribution in [2.45, 2.75) is 12.3 Å². The van der Waals surface area contributed by atoms with E-state index in [0.717, 1.165) is 0 Å². The Hall–Kier alpha value is -1.75. The number of rotatable bonds is 2. The first kappa shape index (κ1) is 12.7. The number of fused-ring (bicyclic) bond motifs is 1. The molecule has 0 aromatic heterocycles. The molecule has 0 saturated carbocycles. The van der Waals surface area contributed by atoms with Gasteiger partial charge in [0.1, 0.15) is 5.75 Å². The Labute approximate surface area is 102 Å². The predicted octanol–water partition coefficient (Wildman–Crippen LogP) is 3.44. The molecule has 2 aromatic rings. The third-order valence-electron chi connectivity index (χ3n) is 2.74. The van der Waals surface area contributed by atoms with E-state index in [1.165, 1.54) is 25.3 Å². The minimum atomic E-state index is -4.68. The molecule has 96 valence electrons. The maximum Gasteiger partial charge on any atom is 0.418 e. The van der Waals surface area contributed by atoms with E-state index < -0.39 is 12.3 Å². The SMILES string of the molecule is COc1ccc([C@H](O)C(F)(F)F)c2ccccc12. The smallest absolute Gasteiger partial charge is 0.418 e. The van der Waals surface area contributed by atoms with Gasteiger partial charge in [0.2, 0.25) is 0 Å². The van der Waals surface area contributed by atoms with Crippen LogP contribution in [0.4, 0.5) is 13.2 Å². The van der Waals surface area contributed by atoms with Crippen LogP contribution in [-0.4, -0.2) is 18.4 Å². The van der Waals surface area contributed by atoms with E-state index in [1.54, 1.807) is 18.2 Å². The number of hydrogen-bond donors (Lipinski definition) is 1. The molecule has 0 amide bonds. The number of benzene rings is 2. The summed E-state index contributed by atoms with van der Waals surface area (Å²) in [6, 6.07) is 9.16. The number of hydrogen-bond acceptors (Lipinski definition) is 2. The second kappa shape index (κ2) is 4.49. The molecule has 0 radical (unpaired) electrons. The van der Waals surface area contributed by atoms with Gasteiger partial charge in [-0.15, -0.1) is 0 Å². The first-order valence-electron chi connectivity index (χ1n) is 5.25. The monoisotopic (exact) mass is 256 g/mol. The van der Waals surface area contributed by atoms with Crippen LogP contribution in [0.1, 0.15) is 11.7 Å². The molecule has 0 saturated heterocycles. The summed E-state index contributed by atoms with van der Waals surface area (Å²) in [4.78, 5) is 0. The first-order chi connectivity index (χ1) is 8.45. The van der Waals surface area contributed by atoms with Crippen molar-refractivity contribution in [3.63, 3.8) is 0 Å². The molecular formula is C13H11F3O2. The summed E-state index contributed by atoms with van der Waals surface area (Å²) in [5.41, 5.74) is -0.168. The van der Waals surface area contributed by atoms with Crippen LogP contribution in [0.3, 0.4) is 0 Å². The second-order valence-corrected chi connectivity index (χ2v) is 3.85. The van der Waals surface area contributed by atoms with E-state index in [-0.39, 0.29) is 5.56 Å². The van der Waals surface area contributed by atoms with Crippen LogP contribution in [0.2, 0.25) is 0 Å². The zero-order chi connectivity index (χ0) is 13.3. The summed E-state index contributed by atoms with van der Waals surface area (Å²) in [6.45, 7) is 0. The Morgan fingerprint density at radius 3 is 2.22 bits per heavy atom. The van der Waals surface area contributed by atoms with Crippen molar-refractivity contribution in [2.24, 2.45) is 0 Å². The molecule has 2 rings (SSSR count). The van der Waals surface area contributed by atoms with Gasteiger partial charge in [0.15, 0.2) is 6.10 Å². The van der Waals surface area contributed by atoms with Crippen molar-refractivity contribution in [1.29, 1.82) is 0 Å². The number of halogens is 3. The van der Waals surface area contributed by atoms with Crippen molar-refractivity contribution in [1.82, 2.24) is 0 Å². The Kier molecular flexibility index (Phi) is 3.17. The van der Waals surface area contributed by atoms with E-state index in [1.807, 2.05) is 0 Å². The lowest BCUT2D eigenvalue weighted by atomic mass is 9.99. The van der Waals surface area contributed by atoms with Gasteiger partial charge in [-0.3, -0.25) is 0 Å². The van der Waals surface area contributed by atoms with Gasteiger partial charge in [0.05, 0.1) is 7.11 Å². The molecular weight excluding hydrogens is 245 g/mol. The largest absolute Gasteiger partial charge is 0.496 e. The molecule has 0 aliphatic heterocycles. The quantitative estimate of drug-likeness (QED) is 0.891. The summed E-state index contributed by atoms with van der Waals surface area (Å²) >= 11 is 0. The van der Waals surface area contributed by atoms with Crippen LogP contribution < -0.4 is 4.74 Å². The Balaban J connectivity index is 2.67. The molecule has 0 spiro atoms. The molecule has 0 aliphatic carbocycles. The van der Waals surface area contributed by atoms with Gasteiger partial charge in [-0.2, -0.15) is 13.2 Å². The lowest BCUT2D eigenvalue weighted by Crippen LogP contribution is -2.20. The highest BCUT2D eigenvalue weighted by Crippen LogP contribution is 2.38. The zero-order valence-electron chi connectivity index (χ0n) is 9.53. The van der Waals surface area contributed by atoms with Crippen LogP contribution in [0.25, 0.3) is 10.8 Å². The van der Waals surface area contributed by atoms with Crippen LogP contribution in [0, 0.1) is 0 Å². The number of aliphatic hydroxyl groups excluding tert-OH is 1. The summed E-state index contributed by atoms with van der Waals surface area (Å²) < 4.78 is 42.8. The Bertz CT molecular complexity index is 564. The summed E-state index contributed by atoms with van der Waals surface area (Å²) in [7, 11) is 1.45. The maximum absolute atomic E-state index is 12.6. The van der Waals surface area contributed by atoms with Crippen molar-refractivity contribution in [3.05, 3.63) is 42.0 Å². The standard InChI is InChI=1S/C13H11F3O2/c1-18-11-7-6-10(12(17)13(14,15)16)8-4-2-3-5-9(8)11/h2-7,12,17H,1H3/t12-/m0/s1. The van der Waals surface area contributed by atoms with Gasteiger partial charge >= 0.3 is 6.18 Å². The minimum Gasteiger partial charge on any atom is -0.496 e. The third-order valence-corrected chi connectivity index (χ3v) is 2.74. The lowest BCUT2D eigenvalue weighted by Gasteiger charge is -2.17. The number of aliphatic hydroxyl groups is 1.